The maximum absolute atomic E-state index is 13.4. The molecule has 3 heterocycles. The van der Waals surface area contributed by atoms with Crippen molar-refractivity contribution in [2.75, 3.05) is 23.8 Å². The van der Waals surface area contributed by atoms with E-state index in [4.69, 9.17) is 15.6 Å². The lowest BCUT2D eigenvalue weighted by molar-refractivity contribution is -0.0289. The van der Waals surface area contributed by atoms with Gasteiger partial charge in [0.15, 0.2) is 23.2 Å². The molecule has 0 unspecified atom stereocenters. The Morgan fingerprint density at radius 3 is 2.87 bits per heavy atom. The average Bonchev–Trinajstić information content (AvgIpc) is 3.04. The highest BCUT2D eigenvalue weighted by molar-refractivity contribution is 7.99. The number of imidazole rings is 1. The van der Waals surface area contributed by atoms with Crippen molar-refractivity contribution in [2.24, 2.45) is 0 Å². The minimum absolute atomic E-state index is 0.0150. The molecule has 1 aliphatic heterocycles. The van der Waals surface area contributed by atoms with Crippen molar-refractivity contribution in [1.29, 1.82) is 0 Å². The number of nitrogens with two attached hydrogens (primary N) is 1. The van der Waals surface area contributed by atoms with Gasteiger partial charge in [0.25, 0.3) is 0 Å². The average molecular weight is 345 g/mol. The van der Waals surface area contributed by atoms with E-state index in [-0.39, 0.29) is 23.6 Å². The molecule has 2 aromatic rings. The Labute approximate surface area is 134 Å². The Morgan fingerprint density at radius 1 is 1.35 bits per heavy atom. The Bertz CT molecular complexity index is 701. The molecule has 126 valence electrons. The van der Waals surface area contributed by atoms with Crippen LogP contribution in [0.15, 0.2) is 6.33 Å². The Morgan fingerprint density at radius 2 is 2.13 bits per heavy atom. The highest BCUT2D eigenvalue weighted by Crippen LogP contribution is 2.33. The zero-order valence-corrected chi connectivity index (χ0v) is 12.7. The van der Waals surface area contributed by atoms with Gasteiger partial charge in [-0.3, -0.25) is 4.57 Å². The highest BCUT2D eigenvalue weighted by atomic mass is 32.2. The fourth-order valence-electron chi connectivity index (χ4n) is 2.46. The second kappa shape index (κ2) is 6.53. The number of rotatable bonds is 5. The molecule has 0 aromatic carbocycles. The summed E-state index contributed by atoms with van der Waals surface area (Å²) in [5.41, 5.74) is 5.86. The lowest BCUT2D eigenvalue weighted by atomic mass is 10.1. The molecule has 0 saturated carbocycles. The second-order valence-corrected chi connectivity index (χ2v) is 6.20. The van der Waals surface area contributed by atoms with Crippen LogP contribution in [-0.2, 0) is 4.74 Å². The predicted octanol–water partition coefficient (Wildman–Crippen LogP) is -1.11. The van der Waals surface area contributed by atoms with Crippen molar-refractivity contribution in [1.82, 2.24) is 19.5 Å². The number of nitrogen functional groups attached to an aromatic ring is 1. The Balaban J connectivity index is 1.87. The number of aliphatic hydroxyl groups excluding tert-OH is 3. The third-order valence-corrected chi connectivity index (χ3v) is 4.59. The summed E-state index contributed by atoms with van der Waals surface area (Å²) in [6.45, 7) is 0.0150. The highest BCUT2D eigenvalue weighted by Gasteiger charge is 2.44. The van der Waals surface area contributed by atoms with Crippen molar-refractivity contribution in [3.8, 4) is 0 Å². The topological polar surface area (TPSA) is 140 Å². The maximum Gasteiger partial charge on any atom is 0.312 e. The van der Waals surface area contributed by atoms with E-state index in [1.807, 2.05) is 0 Å². The lowest BCUT2D eigenvalue weighted by Gasteiger charge is -2.16. The first-order valence-electron chi connectivity index (χ1n) is 6.88. The van der Waals surface area contributed by atoms with Gasteiger partial charge in [-0.15, -0.1) is 0 Å². The molecule has 9 nitrogen and oxygen atoms in total. The number of halogens is 1. The molecule has 1 aliphatic rings. The van der Waals surface area contributed by atoms with Gasteiger partial charge in [0.05, 0.1) is 19.0 Å². The van der Waals surface area contributed by atoms with Crippen LogP contribution >= 0.6 is 11.8 Å². The molecule has 4 atom stereocenters. The minimum atomic E-state index is -1.23. The zero-order valence-electron chi connectivity index (χ0n) is 11.9. The molecular formula is C12H16FN5O4S. The second-order valence-electron chi connectivity index (χ2n) is 5.05. The number of ether oxygens (including phenoxy) is 1. The van der Waals surface area contributed by atoms with Gasteiger partial charge in [0.1, 0.15) is 12.2 Å². The molecule has 1 saturated heterocycles. The number of aromatic nitrogens is 4. The standard InChI is InChI=1S/C12H16FN5O4S/c13-12-16-9(14)6-10(17-12)18(4-15-6)11-8(21)7(20)5(22-11)3-23-2-1-19/h4-5,7-8,11,19-21H,1-3H2,(H2,14,16,17)/t5-,7-,8-,11-/m1/s1. The molecule has 1 fully saturated rings. The van der Waals surface area contributed by atoms with Crippen LogP contribution in [0.5, 0.6) is 0 Å². The summed E-state index contributed by atoms with van der Waals surface area (Å²) in [5, 5.41) is 29.1. The number of thioether (sulfide) groups is 1. The van der Waals surface area contributed by atoms with Crippen molar-refractivity contribution < 1.29 is 24.4 Å². The molecule has 11 heteroatoms. The molecule has 5 N–H and O–H groups in total. The van der Waals surface area contributed by atoms with Gasteiger partial charge in [-0.25, -0.2) is 4.98 Å². The number of anilines is 1. The van der Waals surface area contributed by atoms with Gasteiger partial charge >= 0.3 is 6.08 Å². The van der Waals surface area contributed by atoms with E-state index in [1.54, 1.807) is 0 Å². The fraction of sp³-hybridized carbons (Fsp3) is 0.583. The SMILES string of the molecule is Nc1nc(F)nc2c1ncn2[C@@H]1O[C@H](CSCCO)[C@@H](O)[C@H]1O. The first-order valence-corrected chi connectivity index (χ1v) is 8.04. The Kier molecular flexibility index (Phi) is 4.64. The number of hydrogen-bond donors (Lipinski definition) is 4. The van der Waals surface area contributed by atoms with E-state index in [9.17, 15) is 14.6 Å². The Hall–Kier alpha value is -1.53. The number of nitrogens with zero attached hydrogens (tertiary/aromatic N) is 4. The van der Waals surface area contributed by atoms with Gasteiger partial charge in [-0.1, -0.05) is 0 Å². The monoisotopic (exact) mass is 345 g/mol. The quantitative estimate of drug-likeness (QED) is 0.392. The van der Waals surface area contributed by atoms with Gasteiger partial charge < -0.3 is 25.8 Å². The van der Waals surface area contributed by atoms with E-state index in [1.165, 1.54) is 22.7 Å². The van der Waals surface area contributed by atoms with Gasteiger partial charge in [-0.2, -0.15) is 26.1 Å². The predicted molar refractivity (Wildman–Crippen MR) is 80.0 cm³/mol. The van der Waals surface area contributed by atoms with E-state index < -0.39 is 30.6 Å². The third-order valence-electron chi connectivity index (χ3n) is 3.55. The molecule has 23 heavy (non-hydrogen) atoms. The van der Waals surface area contributed by atoms with Crippen LogP contribution in [0.4, 0.5) is 10.2 Å². The smallest absolute Gasteiger partial charge is 0.312 e. The largest absolute Gasteiger partial charge is 0.396 e. The molecule has 0 spiro atoms. The number of aliphatic hydroxyl groups is 3. The van der Waals surface area contributed by atoms with Crippen LogP contribution in [0.3, 0.4) is 0 Å². The summed E-state index contributed by atoms with van der Waals surface area (Å²) in [4.78, 5) is 11.0. The van der Waals surface area contributed by atoms with Gasteiger partial charge in [-0.05, 0) is 0 Å². The maximum atomic E-state index is 13.4. The minimum Gasteiger partial charge on any atom is -0.396 e. The van der Waals surface area contributed by atoms with Crippen LogP contribution in [0, 0.1) is 6.08 Å². The van der Waals surface area contributed by atoms with Crippen LogP contribution in [-0.4, -0.2) is 71.3 Å². The number of hydrogen-bond acceptors (Lipinski definition) is 9. The van der Waals surface area contributed by atoms with Crippen LogP contribution in [0.2, 0.25) is 0 Å². The third kappa shape index (κ3) is 2.97. The van der Waals surface area contributed by atoms with Crippen molar-refractivity contribution >= 4 is 28.7 Å². The summed E-state index contributed by atoms with van der Waals surface area (Å²) < 4.78 is 20.4. The van der Waals surface area contributed by atoms with Gasteiger partial charge in [0, 0.05) is 11.5 Å². The lowest BCUT2D eigenvalue weighted by Crippen LogP contribution is -2.32. The van der Waals surface area contributed by atoms with Crippen LogP contribution < -0.4 is 5.73 Å². The zero-order chi connectivity index (χ0) is 16.6. The summed E-state index contributed by atoms with van der Waals surface area (Å²) in [5.74, 6) is 0.776. The molecule has 0 bridgehead atoms. The first kappa shape index (κ1) is 16.3. The summed E-state index contributed by atoms with van der Waals surface area (Å²) in [7, 11) is 0. The summed E-state index contributed by atoms with van der Waals surface area (Å²) in [6, 6.07) is 0. The normalized spacial score (nSPS) is 27.8. The van der Waals surface area contributed by atoms with Crippen molar-refractivity contribution in [3.05, 3.63) is 12.4 Å². The summed E-state index contributed by atoms with van der Waals surface area (Å²) >= 11 is 1.39. The van der Waals surface area contributed by atoms with Crippen molar-refractivity contribution in [2.45, 2.75) is 24.5 Å². The van der Waals surface area contributed by atoms with Crippen LogP contribution in [0.1, 0.15) is 6.23 Å². The molecule has 0 radical (unpaired) electrons. The van der Waals surface area contributed by atoms with Crippen molar-refractivity contribution in [3.63, 3.8) is 0 Å². The van der Waals surface area contributed by atoms with E-state index >= 15 is 0 Å². The van der Waals surface area contributed by atoms with Crippen LogP contribution in [0.25, 0.3) is 11.2 Å². The molecule has 0 aliphatic carbocycles. The van der Waals surface area contributed by atoms with E-state index in [2.05, 4.69) is 15.0 Å². The number of fused-ring (bicyclic) bond motifs is 1. The van der Waals surface area contributed by atoms with E-state index in [0.29, 0.717) is 11.5 Å². The fourth-order valence-corrected chi connectivity index (χ4v) is 3.26. The molecule has 0 amide bonds. The molecular weight excluding hydrogens is 329 g/mol. The van der Waals surface area contributed by atoms with Gasteiger partial charge in [0.2, 0.25) is 0 Å². The summed E-state index contributed by atoms with van der Waals surface area (Å²) in [6.07, 6.45) is -3.66. The van der Waals surface area contributed by atoms with E-state index in [0.717, 1.165) is 0 Å². The molecule has 2 aromatic heterocycles. The first-order chi connectivity index (χ1) is 11.0. The molecule has 3 rings (SSSR count).